The Kier molecular flexibility index (Phi) is 8.90. The van der Waals surface area contributed by atoms with Gasteiger partial charge in [-0.2, -0.15) is 0 Å². The maximum absolute atomic E-state index is 12.9. The summed E-state index contributed by atoms with van der Waals surface area (Å²) in [6.45, 7) is 0.824. The standard InChI is InChI=1S/C23H34N4O6S/c1-26(2)34(31,32)18-11-12-20(27-13-7-4-8-14-27)19(15-18)22(29)33-16-21(28)25-23(30)24-17-9-5-3-6-10-17/h11-12,15,17H,3-10,13-14,16H2,1-2H3,(H2,24,25,28,30). The molecule has 34 heavy (non-hydrogen) atoms. The molecule has 0 atom stereocenters. The van der Waals surface area contributed by atoms with Crippen LogP contribution in [0.1, 0.15) is 61.7 Å². The molecule has 0 radical (unpaired) electrons. The number of ether oxygens (including phenoxy) is 1. The minimum atomic E-state index is -3.77. The van der Waals surface area contributed by atoms with Crippen molar-refractivity contribution in [1.29, 1.82) is 0 Å². The maximum Gasteiger partial charge on any atom is 0.340 e. The highest BCUT2D eigenvalue weighted by Crippen LogP contribution is 2.28. The van der Waals surface area contributed by atoms with Crippen molar-refractivity contribution >= 4 is 33.6 Å². The van der Waals surface area contributed by atoms with E-state index in [0.717, 1.165) is 68.8 Å². The number of imide groups is 1. The number of anilines is 1. The number of benzene rings is 1. The van der Waals surface area contributed by atoms with Crippen molar-refractivity contribution in [2.24, 2.45) is 0 Å². The lowest BCUT2D eigenvalue weighted by Gasteiger charge is -2.30. The summed E-state index contributed by atoms with van der Waals surface area (Å²) in [7, 11) is -0.944. The Morgan fingerprint density at radius 1 is 1.03 bits per heavy atom. The zero-order valence-corrected chi connectivity index (χ0v) is 20.7. The summed E-state index contributed by atoms with van der Waals surface area (Å²) in [6.07, 6.45) is 7.99. The molecule has 1 aliphatic carbocycles. The van der Waals surface area contributed by atoms with Crippen LogP contribution in [0.25, 0.3) is 0 Å². The molecule has 1 saturated heterocycles. The number of sulfonamides is 1. The molecule has 11 heteroatoms. The van der Waals surface area contributed by atoms with Crippen LogP contribution >= 0.6 is 0 Å². The van der Waals surface area contributed by atoms with Crippen molar-refractivity contribution in [2.75, 3.05) is 38.7 Å². The number of esters is 1. The molecule has 2 N–H and O–H groups in total. The van der Waals surface area contributed by atoms with Crippen LogP contribution in [0.4, 0.5) is 10.5 Å². The van der Waals surface area contributed by atoms with Crippen LogP contribution in [0.3, 0.4) is 0 Å². The van der Waals surface area contributed by atoms with E-state index < -0.39 is 34.5 Å². The molecule has 0 spiro atoms. The molecule has 3 rings (SSSR count). The van der Waals surface area contributed by atoms with E-state index >= 15 is 0 Å². The van der Waals surface area contributed by atoms with Crippen LogP contribution in [-0.2, 0) is 19.6 Å². The lowest BCUT2D eigenvalue weighted by atomic mass is 9.96. The Hall–Kier alpha value is -2.66. The smallest absolute Gasteiger partial charge is 0.340 e. The van der Waals surface area contributed by atoms with Crippen molar-refractivity contribution in [2.45, 2.75) is 62.3 Å². The summed E-state index contributed by atoms with van der Waals surface area (Å²) < 4.78 is 31.4. The Bertz CT molecular complexity index is 999. The van der Waals surface area contributed by atoms with Gasteiger partial charge in [0.15, 0.2) is 6.61 Å². The van der Waals surface area contributed by atoms with Gasteiger partial charge in [0, 0.05) is 33.2 Å². The van der Waals surface area contributed by atoms with E-state index in [1.165, 1.54) is 26.2 Å². The largest absolute Gasteiger partial charge is 0.452 e. The molecule has 188 valence electrons. The van der Waals surface area contributed by atoms with E-state index in [0.29, 0.717) is 5.69 Å². The summed E-state index contributed by atoms with van der Waals surface area (Å²) in [5.74, 6) is -1.57. The van der Waals surface area contributed by atoms with Crippen LogP contribution in [0.2, 0.25) is 0 Å². The zero-order chi connectivity index (χ0) is 24.7. The molecule has 10 nitrogen and oxygen atoms in total. The fraction of sp³-hybridized carbons (Fsp3) is 0.609. The van der Waals surface area contributed by atoms with Gasteiger partial charge in [0.2, 0.25) is 10.0 Å². The molecule has 2 fully saturated rings. The van der Waals surface area contributed by atoms with Crippen molar-refractivity contribution in [1.82, 2.24) is 14.9 Å². The molecular formula is C23H34N4O6S. The first-order valence-electron chi connectivity index (χ1n) is 11.8. The Morgan fingerprint density at radius 3 is 2.32 bits per heavy atom. The molecule has 1 aromatic carbocycles. The molecule has 1 heterocycles. The van der Waals surface area contributed by atoms with E-state index in [-0.39, 0.29) is 16.5 Å². The molecule has 1 aromatic rings. The fourth-order valence-electron chi connectivity index (χ4n) is 4.30. The van der Waals surface area contributed by atoms with E-state index in [4.69, 9.17) is 4.74 Å². The highest BCUT2D eigenvalue weighted by Gasteiger charge is 2.25. The van der Waals surface area contributed by atoms with Gasteiger partial charge in [0.25, 0.3) is 5.91 Å². The summed E-state index contributed by atoms with van der Waals surface area (Å²) in [5, 5.41) is 4.95. The second-order valence-electron chi connectivity index (χ2n) is 8.95. The van der Waals surface area contributed by atoms with E-state index in [2.05, 4.69) is 10.6 Å². The quantitative estimate of drug-likeness (QED) is 0.557. The van der Waals surface area contributed by atoms with Crippen LogP contribution in [0.15, 0.2) is 23.1 Å². The molecular weight excluding hydrogens is 460 g/mol. The second kappa shape index (κ2) is 11.7. The number of nitrogens with zero attached hydrogens (tertiary/aromatic N) is 2. The van der Waals surface area contributed by atoms with Gasteiger partial charge in [-0.1, -0.05) is 19.3 Å². The van der Waals surface area contributed by atoms with Crippen molar-refractivity contribution in [3.8, 4) is 0 Å². The lowest BCUT2D eigenvalue weighted by Crippen LogP contribution is -2.46. The zero-order valence-electron chi connectivity index (χ0n) is 19.8. The first-order chi connectivity index (χ1) is 16.2. The van der Waals surface area contributed by atoms with Gasteiger partial charge in [-0.15, -0.1) is 0 Å². The molecule has 2 aliphatic rings. The maximum atomic E-state index is 12.9. The monoisotopic (exact) mass is 494 g/mol. The molecule has 1 aliphatic heterocycles. The van der Waals surface area contributed by atoms with E-state index in [9.17, 15) is 22.8 Å². The van der Waals surface area contributed by atoms with Gasteiger partial charge >= 0.3 is 12.0 Å². The molecule has 0 bridgehead atoms. The number of carbonyl (C=O) groups is 3. The number of hydrogen-bond acceptors (Lipinski definition) is 7. The van der Waals surface area contributed by atoms with Gasteiger partial charge in [-0.25, -0.2) is 22.3 Å². The van der Waals surface area contributed by atoms with Crippen LogP contribution in [-0.4, -0.2) is 70.5 Å². The molecule has 0 aromatic heterocycles. The van der Waals surface area contributed by atoms with Crippen LogP contribution < -0.4 is 15.5 Å². The van der Waals surface area contributed by atoms with Crippen LogP contribution in [0.5, 0.6) is 0 Å². The van der Waals surface area contributed by atoms with Crippen molar-refractivity contribution < 1.29 is 27.5 Å². The first-order valence-corrected chi connectivity index (χ1v) is 13.2. The number of hydrogen-bond donors (Lipinski definition) is 2. The number of urea groups is 1. The van der Waals surface area contributed by atoms with Crippen LogP contribution in [0, 0.1) is 0 Å². The van der Waals surface area contributed by atoms with E-state index in [1.54, 1.807) is 6.07 Å². The Morgan fingerprint density at radius 2 is 1.68 bits per heavy atom. The Balaban J connectivity index is 1.68. The highest BCUT2D eigenvalue weighted by molar-refractivity contribution is 7.89. The molecule has 0 unspecified atom stereocenters. The SMILES string of the molecule is CN(C)S(=O)(=O)c1ccc(N2CCCCC2)c(C(=O)OCC(=O)NC(=O)NC2CCCCC2)c1. The van der Waals surface area contributed by atoms with Gasteiger partial charge < -0.3 is 15.0 Å². The summed E-state index contributed by atoms with van der Waals surface area (Å²) >= 11 is 0. The second-order valence-corrected chi connectivity index (χ2v) is 11.1. The third-order valence-corrected chi connectivity index (χ3v) is 8.00. The van der Waals surface area contributed by atoms with Gasteiger partial charge in [0.1, 0.15) is 0 Å². The molecule has 1 saturated carbocycles. The predicted molar refractivity (Wildman–Crippen MR) is 127 cm³/mol. The molecule has 3 amide bonds. The number of piperidine rings is 1. The minimum Gasteiger partial charge on any atom is -0.452 e. The lowest BCUT2D eigenvalue weighted by molar-refractivity contribution is -0.123. The Labute approximate surface area is 201 Å². The highest BCUT2D eigenvalue weighted by atomic mass is 32.2. The first kappa shape index (κ1) is 26.0. The number of nitrogens with one attached hydrogen (secondary N) is 2. The average Bonchev–Trinajstić information content (AvgIpc) is 2.83. The van der Waals surface area contributed by atoms with Gasteiger partial charge in [-0.3, -0.25) is 10.1 Å². The predicted octanol–water partition coefficient (Wildman–Crippen LogP) is 2.24. The number of amides is 3. The summed E-state index contributed by atoms with van der Waals surface area (Å²) in [6, 6.07) is 3.79. The van der Waals surface area contributed by atoms with Gasteiger partial charge in [-0.05, 0) is 50.3 Å². The van der Waals surface area contributed by atoms with Crippen molar-refractivity contribution in [3.63, 3.8) is 0 Å². The summed E-state index contributed by atoms with van der Waals surface area (Å²) in [4.78, 5) is 39.1. The number of carbonyl (C=O) groups excluding carboxylic acids is 3. The third-order valence-electron chi connectivity index (χ3n) is 6.19. The number of rotatable bonds is 7. The third kappa shape index (κ3) is 6.69. The van der Waals surface area contributed by atoms with Gasteiger partial charge in [0.05, 0.1) is 16.1 Å². The summed E-state index contributed by atoms with van der Waals surface area (Å²) in [5.41, 5.74) is 0.641. The van der Waals surface area contributed by atoms with E-state index in [1.807, 2.05) is 4.90 Å². The van der Waals surface area contributed by atoms with Crippen molar-refractivity contribution in [3.05, 3.63) is 23.8 Å². The topological polar surface area (TPSA) is 125 Å². The normalized spacial score (nSPS) is 17.3. The fourth-order valence-corrected chi connectivity index (χ4v) is 5.23. The minimum absolute atomic E-state index is 0.0394. The average molecular weight is 495 g/mol.